The summed E-state index contributed by atoms with van der Waals surface area (Å²) in [5.74, 6) is 0. The Bertz CT molecular complexity index is 573. The van der Waals surface area contributed by atoms with Gasteiger partial charge in [0.25, 0.3) is 0 Å². The number of aryl methyl sites for hydroxylation is 1. The predicted octanol–water partition coefficient (Wildman–Crippen LogP) is 2.33. The van der Waals surface area contributed by atoms with Crippen molar-refractivity contribution in [3.8, 4) is 0 Å². The van der Waals surface area contributed by atoms with Gasteiger partial charge < -0.3 is 14.4 Å². The van der Waals surface area contributed by atoms with E-state index in [9.17, 15) is 4.79 Å². The number of morpholine rings is 1. The normalized spacial score (nSPS) is 24.2. The Morgan fingerprint density at radius 2 is 2.08 bits per heavy atom. The Hall–Kier alpha value is -1.66. The first-order chi connectivity index (χ1) is 11.9. The molecule has 25 heavy (non-hydrogen) atoms. The predicted molar refractivity (Wildman–Crippen MR) is 95.5 cm³/mol. The van der Waals surface area contributed by atoms with E-state index in [0.29, 0.717) is 13.1 Å². The van der Waals surface area contributed by atoms with E-state index >= 15 is 0 Å². The zero-order valence-corrected chi connectivity index (χ0v) is 15.5. The molecule has 0 bridgehead atoms. The monoisotopic (exact) mass is 347 g/mol. The first-order valence-corrected chi connectivity index (χ1v) is 9.15. The van der Waals surface area contributed by atoms with Crippen molar-refractivity contribution in [1.29, 1.82) is 0 Å². The molecule has 0 aromatic carbocycles. The van der Waals surface area contributed by atoms with E-state index in [1.807, 2.05) is 33.2 Å². The molecule has 1 amide bonds. The van der Waals surface area contributed by atoms with Crippen LogP contribution in [0.2, 0.25) is 0 Å². The summed E-state index contributed by atoms with van der Waals surface area (Å²) in [7, 11) is 0. The molecule has 6 nitrogen and oxygen atoms in total. The van der Waals surface area contributed by atoms with Gasteiger partial charge in [0.1, 0.15) is 5.60 Å². The molecule has 2 atom stereocenters. The largest absolute Gasteiger partial charge is 0.444 e. The Labute approximate surface area is 150 Å². The second kappa shape index (κ2) is 7.70. The van der Waals surface area contributed by atoms with E-state index in [-0.39, 0.29) is 18.2 Å². The molecule has 3 rings (SSSR count). The Kier molecular flexibility index (Phi) is 5.59. The van der Waals surface area contributed by atoms with Crippen LogP contribution in [-0.2, 0) is 15.9 Å². The summed E-state index contributed by atoms with van der Waals surface area (Å²) in [4.78, 5) is 20.7. The minimum Gasteiger partial charge on any atom is -0.444 e. The molecule has 3 heterocycles. The Balaban J connectivity index is 1.52. The molecule has 1 aromatic rings. The van der Waals surface area contributed by atoms with Crippen LogP contribution in [0.1, 0.15) is 32.8 Å². The maximum atomic E-state index is 12.3. The number of fused-ring (bicyclic) bond motifs is 1. The molecule has 0 saturated carbocycles. The summed E-state index contributed by atoms with van der Waals surface area (Å²) in [5, 5.41) is 0. The molecular formula is C19H29N3O3. The molecule has 1 aromatic heterocycles. The Morgan fingerprint density at radius 3 is 2.80 bits per heavy atom. The van der Waals surface area contributed by atoms with Gasteiger partial charge in [0.15, 0.2) is 0 Å². The quantitative estimate of drug-likeness (QED) is 0.837. The van der Waals surface area contributed by atoms with Gasteiger partial charge in [-0.15, -0.1) is 0 Å². The number of amides is 1. The van der Waals surface area contributed by atoms with Crippen molar-refractivity contribution in [3.05, 3.63) is 30.1 Å². The number of rotatable bonds is 4. The summed E-state index contributed by atoms with van der Waals surface area (Å²) in [6.07, 6.45) is 5.70. The highest BCUT2D eigenvalue weighted by Crippen LogP contribution is 2.25. The maximum absolute atomic E-state index is 12.3. The van der Waals surface area contributed by atoms with Crippen LogP contribution in [0, 0.1) is 0 Å². The van der Waals surface area contributed by atoms with Crippen molar-refractivity contribution in [1.82, 2.24) is 14.8 Å². The molecule has 0 unspecified atom stereocenters. The van der Waals surface area contributed by atoms with Crippen LogP contribution in [0.4, 0.5) is 4.79 Å². The highest BCUT2D eigenvalue weighted by molar-refractivity contribution is 5.68. The van der Waals surface area contributed by atoms with E-state index in [1.165, 1.54) is 5.56 Å². The molecule has 2 saturated heterocycles. The third-order valence-corrected chi connectivity index (χ3v) is 4.73. The number of pyridine rings is 1. The summed E-state index contributed by atoms with van der Waals surface area (Å²) in [6.45, 7) is 9.70. The molecular weight excluding hydrogens is 318 g/mol. The fraction of sp³-hybridized carbons (Fsp3) is 0.684. The minimum absolute atomic E-state index is 0.0993. The van der Waals surface area contributed by atoms with Crippen LogP contribution in [0.25, 0.3) is 0 Å². The number of nitrogens with zero attached hydrogens (tertiary/aromatic N) is 3. The van der Waals surface area contributed by atoms with E-state index in [2.05, 4.69) is 22.0 Å². The summed E-state index contributed by atoms with van der Waals surface area (Å²) >= 11 is 0. The molecule has 138 valence electrons. The summed E-state index contributed by atoms with van der Waals surface area (Å²) in [5.41, 5.74) is 0.859. The summed E-state index contributed by atoms with van der Waals surface area (Å²) in [6, 6.07) is 4.42. The molecule has 0 N–H and O–H groups in total. The minimum atomic E-state index is -0.462. The van der Waals surface area contributed by atoms with E-state index in [4.69, 9.17) is 9.47 Å². The van der Waals surface area contributed by atoms with Gasteiger partial charge in [0, 0.05) is 25.5 Å². The smallest absolute Gasteiger partial charge is 0.410 e. The van der Waals surface area contributed by atoms with Crippen LogP contribution in [0.3, 0.4) is 0 Å². The number of carbonyl (C=O) groups excluding carboxylic acids is 1. The third kappa shape index (κ3) is 4.92. The van der Waals surface area contributed by atoms with Crippen molar-refractivity contribution in [3.63, 3.8) is 0 Å². The number of aromatic nitrogens is 1. The molecule has 2 aliphatic heterocycles. The van der Waals surface area contributed by atoms with Crippen LogP contribution < -0.4 is 0 Å². The highest BCUT2D eigenvalue weighted by Gasteiger charge is 2.42. The Morgan fingerprint density at radius 1 is 1.32 bits per heavy atom. The van der Waals surface area contributed by atoms with Gasteiger partial charge in [-0.2, -0.15) is 0 Å². The second-order valence-electron chi connectivity index (χ2n) is 7.86. The first-order valence-electron chi connectivity index (χ1n) is 9.15. The lowest BCUT2D eigenvalue weighted by Gasteiger charge is -2.36. The second-order valence-corrected chi connectivity index (χ2v) is 7.86. The van der Waals surface area contributed by atoms with Gasteiger partial charge in [-0.1, -0.05) is 0 Å². The van der Waals surface area contributed by atoms with Crippen molar-refractivity contribution in [2.45, 2.75) is 51.4 Å². The SMILES string of the molecule is CC(C)(C)OC(=O)N1C[C@@H]2OCCN(CCCc3ccncc3)[C@@H]2C1. The highest BCUT2D eigenvalue weighted by atomic mass is 16.6. The fourth-order valence-electron chi connectivity index (χ4n) is 3.55. The average Bonchev–Trinajstić information content (AvgIpc) is 3.00. The van der Waals surface area contributed by atoms with Gasteiger partial charge in [0.2, 0.25) is 0 Å². The van der Waals surface area contributed by atoms with Crippen LogP contribution in [-0.4, -0.2) is 71.4 Å². The van der Waals surface area contributed by atoms with Crippen LogP contribution in [0.5, 0.6) is 0 Å². The van der Waals surface area contributed by atoms with Crippen molar-refractivity contribution < 1.29 is 14.3 Å². The van der Waals surface area contributed by atoms with Gasteiger partial charge in [-0.3, -0.25) is 9.88 Å². The van der Waals surface area contributed by atoms with Gasteiger partial charge in [-0.25, -0.2) is 4.79 Å². The molecule has 0 aliphatic carbocycles. The molecule has 6 heteroatoms. The lowest BCUT2D eigenvalue weighted by molar-refractivity contribution is -0.0474. The maximum Gasteiger partial charge on any atom is 0.410 e. The number of likely N-dealkylation sites (tertiary alicyclic amines) is 1. The summed E-state index contributed by atoms with van der Waals surface area (Å²) < 4.78 is 11.4. The van der Waals surface area contributed by atoms with E-state index in [0.717, 1.165) is 32.5 Å². The lowest BCUT2D eigenvalue weighted by atomic mass is 10.1. The van der Waals surface area contributed by atoms with Crippen molar-refractivity contribution >= 4 is 6.09 Å². The number of ether oxygens (including phenoxy) is 2. The van der Waals surface area contributed by atoms with E-state index in [1.54, 1.807) is 4.90 Å². The average molecular weight is 347 g/mol. The van der Waals surface area contributed by atoms with Crippen molar-refractivity contribution in [2.24, 2.45) is 0 Å². The number of hydrogen-bond donors (Lipinski definition) is 0. The van der Waals surface area contributed by atoms with Gasteiger partial charge in [0.05, 0.1) is 25.3 Å². The zero-order chi connectivity index (χ0) is 17.9. The molecule has 2 fully saturated rings. The number of carbonyl (C=O) groups is 1. The van der Waals surface area contributed by atoms with Crippen LogP contribution in [0.15, 0.2) is 24.5 Å². The number of hydrogen-bond acceptors (Lipinski definition) is 5. The first kappa shape index (κ1) is 18.1. The molecule has 2 aliphatic rings. The van der Waals surface area contributed by atoms with Crippen LogP contribution >= 0.6 is 0 Å². The van der Waals surface area contributed by atoms with Gasteiger partial charge in [-0.05, 0) is 57.9 Å². The lowest BCUT2D eigenvalue weighted by Crippen LogP contribution is -2.51. The van der Waals surface area contributed by atoms with Crippen molar-refractivity contribution in [2.75, 3.05) is 32.8 Å². The van der Waals surface area contributed by atoms with Gasteiger partial charge >= 0.3 is 6.09 Å². The fourth-order valence-corrected chi connectivity index (χ4v) is 3.55. The zero-order valence-electron chi connectivity index (χ0n) is 15.5. The molecule has 0 spiro atoms. The standard InChI is InChI=1S/C19H29N3O3/c1-19(2,3)25-18(23)22-13-16-17(14-22)24-12-11-21(16)10-4-5-15-6-8-20-9-7-15/h6-9,16-17H,4-5,10-14H2,1-3H3/t16-,17+/m1/s1. The molecule has 0 radical (unpaired) electrons. The third-order valence-electron chi connectivity index (χ3n) is 4.73. The van der Waals surface area contributed by atoms with E-state index < -0.39 is 5.60 Å². The topological polar surface area (TPSA) is 54.9 Å².